The minimum atomic E-state index is -0.415. The fraction of sp³-hybridized carbons (Fsp3) is 0.348. The topological polar surface area (TPSA) is 93.0 Å². The van der Waals surface area contributed by atoms with E-state index in [2.05, 4.69) is 20.4 Å². The van der Waals surface area contributed by atoms with Gasteiger partial charge in [0, 0.05) is 37.0 Å². The molecule has 160 valence electrons. The quantitative estimate of drug-likeness (QED) is 0.688. The smallest absolute Gasteiger partial charge is 0.252 e. The van der Waals surface area contributed by atoms with Crippen LogP contribution >= 0.6 is 0 Å². The fourth-order valence-electron chi connectivity index (χ4n) is 3.79. The van der Waals surface area contributed by atoms with Crippen LogP contribution in [0, 0.1) is 33.6 Å². The van der Waals surface area contributed by atoms with Crippen molar-refractivity contribution in [3.63, 3.8) is 0 Å². The van der Waals surface area contributed by atoms with Crippen LogP contribution in [0.3, 0.4) is 0 Å². The highest BCUT2D eigenvalue weighted by molar-refractivity contribution is 5.96. The first-order chi connectivity index (χ1) is 14.8. The molecule has 1 aliphatic rings. The maximum absolute atomic E-state index is 13.0. The second-order valence-electron chi connectivity index (χ2n) is 8.18. The summed E-state index contributed by atoms with van der Waals surface area (Å²) in [7, 11) is 0. The summed E-state index contributed by atoms with van der Waals surface area (Å²) in [6.45, 7) is 8.55. The molecule has 1 saturated heterocycles. The number of carbonyl (C=O) groups excluding carboxylic acids is 2. The van der Waals surface area contributed by atoms with E-state index in [1.807, 2.05) is 58.0 Å². The lowest BCUT2D eigenvalue weighted by atomic mass is 10.1. The normalized spacial score (nSPS) is 16.1. The molecule has 8 nitrogen and oxygen atoms in total. The molecule has 0 radical (unpaired) electrons. The first-order valence-electron chi connectivity index (χ1n) is 10.3. The Morgan fingerprint density at radius 3 is 2.39 bits per heavy atom. The molecule has 1 N–H and O–H groups in total. The lowest BCUT2D eigenvalue weighted by Crippen LogP contribution is -2.28. The van der Waals surface area contributed by atoms with Crippen molar-refractivity contribution >= 4 is 17.6 Å². The maximum Gasteiger partial charge on any atom is 0.252 e. The number of likely N-dealkylation sites (tertiary alicyclic amines) is 1. The second kappa shape index (κ2) is 8.29. The number of rotatable bonds is 5. The molecule has 3 aromatic rings. The van der Waals surface area contributed by atoms with Crippen LogP contribution in [-0.4, -0.2) is 43.0 Å². The van der Waals surface area contributed by atoms with Gasteiger partial charge in [-0.2, -0.15) is 9.78 Å². The fourth-order valence-corrected chi connectivity index (χ4v) is 3.79. The molecule has 3 heterocycles. The Morgan fingerprint density at radius 2 is 1.71 bits per heavy atom. The summed E-state index contributed by atoms with van der Waals surface area (Å²) in [5, 5.41) is 7.36. The standard InChI is InChI=1S/C23H26N6O2/c1-14-5-7-18(8-6-14)12-28-13-19(11-21(28)30)22(31)26-20-10-17(4)27-29(20)23-24-15(2)9-16(3)25-23/h5-10,19H,11-13H2,1-4H3,(H,26,31). The van der Waals surface area contributed by atoms with Crippen molar-refractivity contribution in [2.45, 2.75) is 40.7 Å². The Morgan fingerprint density at radius 1 is 1.03 bits per heavy atom. The van der Waals surface area contributed by atoms with E-state index in [1.165, 1.54) is 10.2 Å². The number of nitrogens with one attached hydrogen (secondary N) is 1. The highest BCUT2D eigenvalue weighted by atomic mass is 16.2. The molecule has 1 atom stereocenters. The van der Waals surface area contributed by atoms with Crippen molar-refractivity contribution in [3.05, 3.63) is 64.6 Å². The average Bonchev–Trinajstić information content (AvgIpc) is 3.25. The third kappa shape index (κ3) is 4.63. The molecule has 0 spiro atoms. The summed E-state index contributed by atoms with van der Waals surface area (Å²) >= 11 is 0. The summed E-state index contributed by atoms with van der Waals surface area (Å²) < 4.78 is 1.54. The summed E-state index contributed by atoms with van der Waals surface area (Å²) in [4.78, 5) is 36.1. The number of aromatic nitrogens is 4. The molecule has 0 bridgehead atoms. The van der Waals surface area contributed by atoms with Gasteiger partial charge in [-0.05, 0) is 39.3 Å². The zero-order chi connectivity index (χ0) is 22.1. The van der Waals surface area contributed by atoms with E-state index < -0.39 is 5.92 Å². The Labute approximate surface area is 181 Å². The number of nitrogens with zero attached hydrogens (tertiary/aromatic N) is 5. The molecule has 31 heavy (non-hydrogen) atoms. The predicted octanol–water partition coefficient (Wildman–Crippen LogP) is 2.88. The van der Waals surface area contributed by atoms with Crippen LogP contribution in [0.2, 0.25) is 0 Å². The zero-order valence-corrected chi connectivity index (χ0v) is 18.2. The van der Waals surface area contributed by atoms with E-state index in [-0.39, 0.29) is 18.2 Å². The van der Waals surface area contributed by atoms with Gasteiger partial charge in [-0.15, -0.1) is 0 Å². The van der Waals surface area contributed by atoms with Gasteiger partial charge in [0.2, 0.25) is 11.8 Å². The zero-order valence-electron chi connectivity index (χ0n) is 18.2. The molecule has 2 amide bonds. The molecular formula is C23H26N6O2. The minimum absolute atomic E-state index is 0.0111. The number of anilines is 1. The van der Waals surface area contributed by atoms with Crippen LogP contribution in [-0.2, 0) is 16.1 Å². The molecular weight excluding hydrogens is 392 g/mol. The van der Waals surface area contributed by atoms with Crippen LogP contribution in [0.1, 0.15) is 34.6 Å². The van der Waals surface area contributed by atoms with Gasteiger partial charge in [0.15, 0.2) is 0 Å². The summed E-state index contributed by atoms with van der Waals surface area (Å²) in [5.74, 6) is 0.274. The monoisotopic (exact) mass is 418 g/mol. The van der Waals surface area contributed by atoms with Crippen LogP contribution in [0.4, 0.5) is 5.82 Å². The predicted molar refractivity (Wildman–Crippen MR) is 117 cm³/mol. The first-order valence-corrected chi connectivity index (χ1v) is 10.3. The Balaban J connectivity index is 1.48. The molecule has 8 heteroatoms. The van der Waals surface area contributed by atoms with Crippen molar-refractivity contribution < 1.29 is 9.59 Å². The van der Waals surface area contributed by atoms with E-state index >= 15 is 0 Å². The average molecular weight is 419 g/mol. The lowest BCUT2D eigenvalue weighted by molar-refractivity contribution is -0.128. The number of hydrogen-bond donors (Lipinski definition) is 1. The van der Waals surface area contributed by atoms with Crippen LogP contribution in [0.25, 0.3) is 5.95 Å². The highest BCUT2D eigenvalue weighted by Gasteiger charge is 2.34. The Bertz CT molecular complexity index is 1120. The molecule has 0 aliphatic carbocycles. The third-order valence-corrected chi connectivity index (χ3v) is 5.32. The van der Waals surface area contributed by atoms with E-state index in [0.717, 1.165) is 22.6 Å². The molecule has 1 fully saturated rings. The largest absolute Gasteiger partial charge is 0.338 e. The number of benzene rings is 1. The van der Waals surface area contributed by atoms with Crippen molar-refractivity contribution in [1.82, 2.24) is 24.6 Å². The number of amides is 2. The van der Waals surface area contributed by atoms with Gasteiger partial charge in [0.05, 0.1) is 11.6 Å². The summed E-state index contributed by atoms with van der Waals surface area (Å²) in [6, 6.07) is 11.7. The molecule has 1 aliphatic heterocycles. The Kier molecular flexibility index (Phi) is 5.54. The molecule has 1 aromatic carbocycles. The summed E-state index contributed by atoms with van der Waals surface area (Å²) in [5.41, 5.74) is 4.61. The lowest BCUT2D eigenvalue weighted by Gasteiger charge is -2.17. The van der Waals surface area contributed by atoms with Crippen LogP contribution in [0.15, 0.2) is 36.4 Å². The van der Waals surface area contributed by atoms with Crippen molar-refractivity contribution in [2.24, 2.45) is 5.92 Å². The first kappa shape index (κ1) is 20.7. The summed E-state index contributed by atoms with van der Waals surface area (Å²) in [6.07, 6.45) is 0.199. The molecule has 4 rings (SSSR count). The van der Waals surface area contributed by atoms with Gasteiger partial charge in [-0.1, -0.05) is 29.8 Å². The third-order valence-electron chi connectivity index (χ3n) is 5.32. The van der Waals surface area contributed by atoms with E-state index in [9.17, 15) is 9.59 Å². The maximum atomic E-state index is 13.0. The van der Waals surface area contributed by atoms with Gasteiger partial charge in [-0.25, -0.2) is 9.97 Å². The number of hydrogen-bond acceptors (Lipinski definition) is 5. The van der Waals surface area contributed by atoms with Gasteiger partial charge >= 0.3 is 0 Å². The van der Waals surface area contributed by atoms with Gasteiger partial charge in [0.25, 0.3) is 5.95 Å². The van der Waals surface area contributed by atoms with Crippen molar-refractivity contribution in [1.29, 1.82) is 0 Å². The molecule has 2 aromatic heterocycles. The van der Waals surface area contributed by atoms with E-state index in [0.29, 0.717) is 24.9 Å². The molecule has 1 unspecified atom stereocenters. The van der Waals surface area contributed by atoms with Crippen molar-refractivity contribution in [2.75, 3.05) is 11.9 Å². The van der Waals surface area contributed by atoms with Crippen LogP contribution in [0.5, 0.6) is 0 Å². The second-order valence-corrected chi connectivity index (χ2v) is 8.18. The highest BCUT2D eigenvalue weighted by Crippen LogP contribution is 2.23. The number of aryl methyl sites for hydroxylation is 4. The van der Waals surface area contributed by atoms with Crippen LogP contribution < -0.4 is 5.32 Å². The van der Waals surface area contributed by atoms with E-state index in [4.69, 9.17) is 0 Å². The molecule has 0 saturated carbocycles. The SMILES string of the molecule is Cc1ccc(CN2CC(C(=O)Nc3cc(C)nn3-c3nc(C)cc(C)n3)CC2=O)cc1. The Hall–Kier alpha value is -3.55. The van der Waals surface area contributed by atoms with Gasteiger partial charge in [-0.3, -0.25) is 9.59 Å². The number of carbonyl (C=O) groups is 2. The van der Waals surface area contributed by atoms with Gasteiger partial charge in [0.1, 0.15) is 5.82 Å². The van der Waals surface area contributed by atoms with Gasteiger partial charge < -0.3 is 10.2 Å². The minimum Gasteiger partial charge on any atom is -0.338 e. The van der Waals surface area contributed by atoms with Crippen molar-refractivity contribution in [3.8, 4) is 5.95 Å². The van der Waals surface area contributed by atoms with E-state index in [1.54, 1.807) is 11.0 Å².